The number of carbonyl (C=O) groups is 1. The molecule has 0 radical (unpaired) electrons. The van der Waals surface area contributed by atoms with Crippen LogP contribution in [0, 0.1) is 5.92 Å². The maximum absolute atomic E-state index is 12.0. The van der Waals surface area contributed by atoms with Crippen molar-refractivity contribution < 1.29 is 9.53 Å². The molecular weight excluding hydrogens is 334 g/mol. The van der Waals surface area contributed by atoms with Crippen molar-refractivity contribution >= 4 is 22.4 Å². The average molecular weight is 355 g/mol. The maximum Gasteiger partial charge on any atom is 0.337 e. The highest BCUT2D eigenvalue weighted by Gasteiger charge is 2.38. The fourth-order valence-electron chi connectivity index (χ4n) is 4.67. The van der Waals surface area contributed by atoms with E-state index in [1.54, 1.807) is 0 Å². The van der Waals surface area contributed by atoms with Gasteiger partial charge in [0.05, 0.1) is 18.7 Å². The number of benzene rings is 3. The first kappa shape index (κ1) is 16.1. The van der Waals surface area contributed by atoms with Gasteiger partial charge in [-0.1, -0.05) is 54.6 Å². The van der Waals surface area contributed by atoms with E-state index in [0.29, 0.717) is 17.4 Å². The SMILES string of the molecule is COC(=O)c1ccc2c(c1)[C@@H]1C=CC[C@H]1[C@@H](c1cccc3ccccc13)N2. The van der Waals surface area contributed by atoms with Crippen LogP contribution >= 0.6 is 0 Å². The Morgan fingerprint density at radius 2 is 1.89 bits per heavy atom. The largest absolute Gasteiger partial charge is 0.465 e. The Morgan fingerprint density at radius 3 is 2.78 bits per heavy atom. The van der Waals surface area contributed by atoms with E-state index >= 15 is 0 Å². The number of methoxy groups -OCH3 is 1. The zero-order chi connectivity index (χ0) is 18.4. The van der Waals surface area contributed by atoms with Gasteiger partial charge in [0.1, 0.15) is 0 Å². The maximum atomic E-state index is 12.0. The van der Waals surface area contributed by atoms with Crippen LogP contribution < -0.4 is 5.32 Å². The highest BCUT2D eigenvalue weighted by Crippen LogP contribution is 2.50. The molecule has 3 aromatic rings. The minimum atomic E-state index is -0.285. The van der Waals surface area contributed by atoms with Gasteiger partial charge in [0, 0.05) is 11.6 Å². The fraction of sp³-hybridized carbons (Fsp3) is 0.208. The molecule has 2 aliphatic rings. The molecule has 0 aromatic heterocycles. The van der Waals surface area contributed by atoms with Gasteiger partial charge >= 0.3 is 5.97 Å². The zero-order valence-corrected chi connectivity index (χ0v) is 15.2. The first-order chi connectivity index (χ1) is 13.3. The van der Waals surface area contributed by atoms with Gasteiger partial charge in [-0.25, -0.2) is 4.79 Å². The van der Waals surface area contributed by atoms with Gasteiger partial charge in [0.25, 0.3) is 0 Å². The highest BCUT2D eigenvalue weighted by atomic mass is 16.5. The molecular formula is C24H21NO2. The highest BCUT2D eigenvalue weighted by molar-refractivity contribution is 5.91. The topological polar surface area (TPSA) is 38.3 Å². The molecule has 0 amide bonds. The molecule has 0 unspecified atom stereocenters. The monoisotopic (exact) mass is 355 g/mol. The lowest BCUT2D eigenvalue weighted by molar-refractivity contribution is 0.0600. The lowest BCUT2D eigenvalue weighted by Gasteiger charge is -2.38. The van der Waals surface area contributed by atoms with Crippen LogP contribution in [0.2, 0.25) is 0 Å². The quantitative estimate of drug-likeness (QED) is 0.490. The van der Waals surface area contributed by atoms with Crippen molar-refractivity contribution in [2.24, 2.45) is 5.92 Å². The predicted molar refractivity (Wildman–Crippen MR) is 108 cm³/mol. The Kier molecular flexibility index (Phi) is 3.75. The Balaban J connectivity index is 1.62. The number of anilines is 1. The summed E-state index contributed by atoms with van der Waals surface area (Å²) in [5.74, 6) is 0.471. The summed E-state index contributed by atoms with van der Waals surface area (Å²) in [5, 5.41) is 6.34. The van der Waals surface area contributed by atoms with Gasteiger partial charge in [-0.05, 0) is 52.4 Å². The van der Waals surface area contributed by atoms with Gasteiger partial charge in [0.15, 0.2) is 0 Å². The molecule has 27 heavy (non-hydrogen) atoms. The molecule has 5 rings (SSSR count). The molecule has 3 aromatic carbocycles. The Hall–Kier alpha value is -3.07. The van der Waals surface area contributed by atoms with Crippen LogP contribution in [0.15, 0.2) is 72.8 Å². The molecule has 0 saturated heterocycles. The normalized spacial score (nSPS) is 22.8. The summed E-state index contributed by atoms with van der Waals surface area (Å²) in [4.78, 5) is 12.0. The summed E-state index contributed by atoms with van der Waals surface area (Å²) in [6, 6.07) is 21.2. The van der Waals surface area contributed by atoms with E-state index in [1.165, 1.54) is 29.0 Å². The van der Waals surface area contributed by atoms with Crippen LogP contribution in [-0.2, 0) is 4.74 Å². The van der Waals surface area contributed by atoms with Crippen molar-refractivity contribution in [3.8, 4) is 0 Å². The summed E-state index contributed by atoms with van der Waals surface area (Å²) in [7, 11) is 1.43. The minimum Gasteiger partial charge on any atom is -0.465 e. The van der Waals surface area contributed by atoms with Crippen molar-refractivity contribution in [1.29, 1.82) is 0 Å². The van der Waals surface area contributed by atoms with Gasteiger partial charge in [-0.15, -0.1) is 0 Å². The van der Waals surface area contributed by atoms with Crippen molar-refractivity contribution in [2.45, 2.75) is 18.4 Å². The smallest absolute Gasteiger partial charge is 0.337 e. The molecule has 0 saturated carbocycles. The van der Waals surface area contributed by atoms with E-state index in [0.717, 1.165) is 12.1 Å². The van der Waals surface area contributed by atoms with E-state index in [2.05, 4.69) is 59.9 Å². The second-order valence-electron chi connectivity index (χ2n) is 7.34. The van der Waals surface area contributed by atoms with Gasteiger partial charge in [-0.3, -0.25) is 0 Å². The van der Waals surface area contributed by atoms with Crippen molar-refractivity contribution in [2.75, 3.05) is 12.4 Å². The first-order valence-electron chi connectivity index (χ1n) is 9.39. The van der Waals surface area contributed by atoms with Crippen LogP contribution in [0.1, 0.15) is 39.9 Å². The second kappa shape index (κ2) is 6.27. The number of ether oxygens (including phenoxy) is 1. The molecule has 0 fully saturated rings. The van der Waals surface area contributed by atoms with Crippen LogP contribution in [0.5, 0.6) is 0 Å². The summed E-state index contributed by atoms with van der Waals surface area (Å²) in [6.45, 7) is 0. The van der Waals surface area contributed by atoms with E-state index in [-0.39, 0.29) is 12.0 Å². The predicted octanol–water partition coefficient (Wildman–Crippen LogP) is 5.45. The van der Waals surface area contributed by atoms with Crippen LogP contribution in [-0.4, -0.2) is 13.1 Å². The summed E-state index contributed by atoms with van der Waals surface area (Å²) < 4.78 is 4.90. The van der Waals surface area contributed by atoms with Gasteiger partial charge < -0.3 is 10.1 Å². The summed E-state index contributed by atoms with van der Waals surface area (Å²) in [6.07, 6.45) is 5.60. The molecule has 0 spiro atoms. The molecule has 3 nitrogen and oxygen atoms in total. The molecule has 1 N–H and O–H groups in total. The zero-order valence-electron chi connectivity index (χ0n) is 15.2. The Labute approximate surface area is 158 Å². The van der Waals surface area contributed by atoms with Crippen molar-refractivity contribution in [3.05, 3.63) is 89.5 Å². The van der Waals surface area contributed by atoms with Crippen LogP contribution in [0.4, 0.5) is 5.69 Å². The van der Waals surface area contributed by atoms with Gasteiger partial charge in [-0.2, -0.15) is 0 Å². The fourth-order valence-corrected chi connectivity index (χ4v) is 4.67. The average Bonchev–Trinajstić information content (AvgIpc) is 3.22. The lowest BCUT2D eigenvalue weighted by atomic mass is 9.76. The summed E-state index contributed by atoms with van der Waals surface area (Å²) >= 11 is 0. The van der Waals surface area contributed by atoms with Crippen LogP contribution in [0.3, 0.4) is 0 Å². The number of nitrogens with one attached hydrogen (secondary N) is 1. The van der Waals surface area contributed by atoms with Gasteiger partial charge in [0.2, 0.25) is 0 Å². The molecule has 0 bridgehead atoms. The number of hydrogen-bond donors (Lipinski definition) is 1. The molecule has 1 heterocycles. The molecule has 134 valence electrons. The molecule has 3 heteroatoms. The third-order valence-corrected chi connectivity index (χ3v) is 5.94. The third kappa shape index (κ3) is 2.54. The molecule has 1 aliphatic carbocycles. The number of esters is 1. The summed E-state index contributed by atoms with van der Waals surface area (Å²) in [5.41, 5.74) is 4.25. The number of fused-ring (bicyclic) bond motifs is 4. The van der Waals surface area contributed by atoms with Crippen molar-refractivity contribution in [1.82, 2.24) is 0 Å². The number of hydrogen-bond acceptors (Lipinski definition) is 3. The molecule has 3 atom stereocenters. The first-order valence-corrected chi connectivity index (χ1v) is 9.39. The minimum absolute atomic E-state index is 0.243. The van der Waals surface area contributed by atoms with Crippen molar-refractivity contribution in [3.63, 3.8) is 0 Å². The number of rotatable bonds is 2. The number of carbonyl (C=O) groups excluding carboxylic acids is 1. The lowest BCUT2D eigenvalue weighted by Crippen LogP contribution is -2.29. The number of allylic oxidation sites excluding steroid dienone is 2. The van der Waals surface area contributed by atoms with E-state index in [1.807, 2.05) is 18.2 Å². The third-order valence-electron chi connectivity index (χ3n) is 5.94. The van der Waals surface area contributed by atoms with E-state index in [9.17, 15) is 4.79 Å². The standard InChI is InChI=1S/C24H21NO2/c1-27-24(26)16-12-13-22-21(14-16)18-9-5-11-20(18)23(25-22)19-10-4-7-15-6-2-3-8-17(15)19/h2-10,12-14,18,20,23,25H,11H2,1H3/t18-,20-,23-/m1/s1. The second-order valence-corrected chi connectivity index (χ2v) is 7.34. The Bertz CT molecular complexity index is 1060. The van der Waals surface area contributed by atoms with E-state index in [4.69, 9.17) is 4.74 Å². The Morgan fingerprint density at radius 1 is 1.04 bits per heavy atom. The van der Waals surface area contributed by atoms with E-state index < -0.39 is 0 Å². The molecule has 1 aliphatic heterocycles. The van der Waals surface area contributed by atoms with Crippen LogP contribution in [0.25, 0.3) is 10.8 Å².